The summed E-state index contributed by atoms with van der Waals surface area (Å²) in [5.41, 5.74) is 1.80. The fraction of sp³-hybridized carbons (Fsp3) is 0.421. The summed E-state index contributed by atoms with van der Waals surface area (Å²) in [6.45, 7) is 8.60. The van der Waals surface area contributed by atoms with Crippen molar-refractivity contribution < 1.29 is 0 Å². The quantitative estimate of drug-likeness (QED) is 0.622. The molecule has 0 atom stereocenters. The summed E-state index contributed by atoms with van der Waals surface area (Å²) in [6, 6.07) is 5.25. The normalized spacial score (nSPS) is 15.1. The maximum Gasteiger partial charge on any atom is 0.266 e. The fourth-order valence-corrected chi connectivity index (χ4v) is 3.55. The molecule has 1 saturated heterocycles. The maximum atomic E-state index is 12.2. The molecule has 0 radical (unpaired) electrons. The molecule has 9 nitrogen and oxygen atoms in total. The van der Waals surface area contributed by atoms with Crippen molar-refractivity contribution in [3.8, 4) is 5.82 Å². The average Bonchev–Trinajstić information content (AvgIpc) is 3.06. The van der Waals surface area contributed by atoms with Crippen LogP contribution in [0.5, 0.6) is 0 Å². The Morgan fingerprint density at radius 2 is 1.72 bits per heavy atom. The molecule has 29 heavy (non-hydrogen) atoms. The summed E-state index contributed by atoms with van der Waals surface area (Å²) in [4.78, 5) is 25.3. The van der Waals surface area contributed by atoms with E-state index in [9.17, 15) is 4.79 Å². The predicted octanol–water partition coefficient (Wildman–Crippen LogP) is 1.31. The molecule has 1 aliphatic rings. The standard InChI is InChI=1S/C19H23ClN8O/c1-14-11-15(2)28(23-14)17-3-4-18(29)27(24-17)10-7-25-5-8-26(9-6-25)19-21-12-16(20)13-22-19/h3-4,11-13H,5-10H2,1-2H3. The van der Waals surface area contributed by atoms with Crippen molar-refractivity contribution in [3.63, 3.8) is 0 Å². The molecule has 0 amide bonds. The molecule has 3 aromatic heterocycles. The van der Waals surface area contributed by atoms with Gasteiger partial charge in [0.05, 0.1) is 29.7 Å². The Labute approximate surface area is 173 Å². The lowest BCUT2D eigenvalue weighted by Crippen LogP contribution is -2.48. The van der Waals surface area contributed by atoms with E-state index in [0.29, 0.717) is 23.3 Å². The second kappa shape index (κ2) is 8.30. The van der Waals surface area contributed by atoms with Gasteiger partial charge in [0.25, 0.3) is 5.56 Å². The molecule has 10 heteroatoms. The van der Waals surface area contributed by atoms with E-state index in [1.807, 2.05) is 19.9 Å². The van der Waals surface area contributed by atoms with Gasteiger partial charge in [0.1, 0.15) is 0 Å². The lowest BCUT2D eigenvalue weighted by Gasteiger charge is -2.34. The molecule has 1 fully saturated rings. The van der Waals surface area contributed by atoms with Crippen molar-refractivity contribution >= 4 is 17.5 Å². The van der Waals surface area contributed by atoms with E-state index in [1.54, 1.807) is 29.2 Å². The van der Waals surface area contributed by atoms with Gasteiger partial charge in [-0.25, -0.2) is 19.3 Å². The molecular formula is C19H23ClN8O. The Morgan fingerprint density at radius 1 is 1.00 bits per heavy atom. The number of nitrogens with zero attached hydrogens (tertiary/aromatic N) is 8. The first-order valence-corrected chi connectivity index (χ1v) is 9.94. The third-order valence-corrected chi connectivity index (χ3v) is 5.16. The van der Waals surface area contributed by atoms with Gasteiger partial charge >= 0.3 is 0 Å². The van der Waals surface area contributed by atoms with Crippen LogP contribution in [0.15, 0.2) is 35.4 Å². The molecule has 0 bridgehead atoms. The van der Waals surface area contributed by atoms with Crippen LogP contribution in [0.3, 0.4) is 0 Å². The molecule has 4 rings (SSSR count). The maximum absolute atomic E-state index is 12.2. The Morgan fingerprint density at radius 3 is 2.38 bits per heavy atom. The Balaban J connectivity index is 1.37. The van der Waals surface area contributed by atoms with E-state index in [1.165, 1.54) is 4.68 Å². The molecule has 0 unspecified atom stereocenters. The van der Waals surface area contributed by atoms with Gasteiger partial charge in [-0.05, 0) is 26.0 Å². The predicted molar refractivity (Wildman–Crippen MR) is 111 cm³/mol. The van der Waals surface area contributed by atoms with Gasteiger partial charge in [0, 0.05) is 44.5 Å². The molecule has 0 saturated carbocycles. The van der Waals surface area contributed by atoms with E-state index in [-0.39, 0.29) is 5.56 Å². The SMILES string of the molecule is Cc1cc(C)n(-c2ccc(=O)n(CCN3CCN(c4ncc(Cl)cn4)CC3)n2)n1. The van der Waals surface area contributed by atoms with Gasteiger partial charge in [-0.15, -0.1) is 5.10 Å². The molecule has 1 aliphatic heterocycles. The average molecular weight is 415 g/mol. The third-order valence-electron chi connectivity index (χ3n) is 4.97. The van der Waals surface area contributed by atoms with Crippen LogP contribution >= 0.6 is 11.6 Å². The number of aryl methyl sites for hydroxylation is 2. The van der Waals surface area contributed by atoms with E-state index in [0.717, 1.165) is 44.1 Å². The molecule has 0 aliphatic carbocycles. The van der Waals surface area contributed by atoms with Crippen molar-refractivity contribution in [3.05, 3.63) is 57.4 Å². The zero-order valence-electron chi connectivity index (χ0n) is 16.5. The molecule has 0 N–H and O–H groups in total. The van der Waals surface area contributed by atoms with Crippen molar-refractivity contribution in [1.82, 2.24) is 34.4 Å². The van der Waals surface area contributed by atoms with Gasteiger partial charge < -0.3 is 4.90 Å². The first-order valence-electron chi connectivity index (χ1n) is 9.56. The minimum Gasteiger partial charge on any atom is -0.338 e. The van der Waals surface area contributed by atoms with Crippen LogP contribution in [0.25, 0.3) is 5.82 Å². The Hall–Kier alpha value is -2.78. The third kappa shape index (κ3) is 4.46. The first-order chi connectivity index (χ1) is 14.0. The van der Waals surface area contributed by atoms with Crippen molar-refractivity contribution in [2.24, 2.45) is 0 Å². The summed E-state index contributed by atoms with van der Waals surface area (Å²) >= 11 is 5.86. The lowest BCUT2D eigenvalue weighted by molar-refractivity contribution is 0.241. The molecular weight excluding hydrogens is 392 g/mol. The highest BCUT2D eigenvalue weighted by Crippen LogP contribution is 2.13. The topological polar surface area (TPSA) is 85.0 Å². The van der Waals surface area contributed by atoms with Gasteiger partial charge in [-0.2, -0.15) is 5.10 Å². The van der Waals surface area contributed by atoms with Gasteiger partial charge in [-0.3, -0.25) is 9.69 Å². The van der Waals surface area contributed by atoms with Crippen LogP contribution in [0.1, 0.15) is 11.4 Å². The number of halogens is 1. The second-order valence-electron chi connectivity index (χ2n) is 7.12. The van der Waals surface area contributed by atoms with E-state index in [4.69, 9.17) is 11.6 Å². The molecule has 0 spiro atoms. The van der Waals surface area contributed by atoms with Crippen molar-refractivity contribution in [1.29, 1.82) is 0 Å². The van der Waals surface area contributed by atoms with Gasteiger partial charge in [0.2, 0.25) is 5.95 Å². The minimum atomic E-state index is -0.108. The van der Waals surface area contributed by atoms with Crippen molar-refractivity contribution in [2.75, 3.05) is 37.6 Å². The van der Waals surface area contributed by atoms with Crippen LogP contribution < -0.4 is 10.5 Å². The van der Waals surface area contributed by atoms with Crippen LogP contribution in [-0.4, -0.2) is 67.2 Å². The van der Waals surface area contributed by atoms with Crippen LogP contribution in [-0.2, 0) is 6.54 Å². The summed E-state index contributed by atoms with van der Waals surface area (Å²) in [7, 11) is 0. The highest BCUT2D eigenvalue weighted by molar-refractivity contribution is 6.30. The van der Waals surface area contributed by atoms with Crippen LogP contribution in [0.4, 0.5) is 5.95 Å². The zero-order valence-corrected chi connectivity index (χ0v) is 17.2. The monoisotopic (exact) mass is 414 g/mol. The Bertz CT molecular complexity index is 1040. The number of anilines is 1. The number of rotatable bonds is 5. The fourth-order valence-electron chi connectivity index (χ4n) is 3.45. The summed E-state index contributed by atoms with van der Waals surface area (Å²) in [6.07, 6.45) is 3.23. The van der Waals surface area contributed by atoms with Crippen LogP contribution in [0, 0.1) is 13.8 Å². The second-order valence-corrected chi connectivity index (χ2v) is 7.56. The molecule has 4 heterocycles. The number of hydrogen-bond donors (Lipinski definition) is 0. The highest BCUT2D eigenvalue weighted by atomic mass is 35.5. The zero-order chi connectivity index (χ0) is 20.4. The van der Waals surface area contributed by atoms with Crippen LogP contribution in [0.2, 0.25) is 5.02 Å². The van der Waals surface area contributed by atoms with Gasteiger partial charge in [0.15, 0.2) is 5.82 Å². The van der Waals surface area contributed by atoms with E-state index < -0.39 is 0 Å². The molecule has 152 valence electrons. The lowest BCUT2D eigenvalue weighted by atomic mass is 10.3. The summed E-state index contributed by atoms with van der Waals surface area (Å²) in [5.74, 6) is 1.35. The Kier molecular flexibility index (Phi) is 5.59. The number of hydrogen-bond acceptors (Lipinski definition) is 7. The summed E-state index contributed by atoms with van der Waals surface area (Å²) in [5, 5.41) is 9.49. The first kappa shape index (κ1) is 19.5. The van der Waals surface area contributed by atoms with Crippen molar-refractivity contribution in [2.45, 2.75) is 20.4 Å². The molecule has 0 aromatic carbocycles. The largest absolute Gasteiger partial charge is 0.338 e. The van der Waals surface area contributed by atoms with Gasteiger partial charge in [-0.1, -0.05) is 11.6 Å². The summed E-state index contributed by atoms with van der Waals surface area (Å²) < 4.78 is 3.27. The smallest absolute Gasteiger partial charge is 0.266 e. The van der Waals surface area contributed by atoms with E-state index in [2.05, 4.69) is 30.0 Å². The number of piperazine rings is 1. The van der Waals surface area contributed by atoms with E-state index >= 15 is 0 Å². The minimum absolute atomic E-state index is 0.108. The number of aromatic nitrogens is 6. The molecule has 3 aromatic rings. The highest BCUT2D eigenvalue weighted by Gasteiger charge is 2.19.